The largest absolute Gasteiger partial charge is 0.362 e. The summed E-state index contributed by atoms with van der Waals surface area (Å²) in [6.07, 6.45) is 4.13. The first-order chi connectivity index (χ1) is 8.70. The second kappa shape index (κ2) is 5.83. The van der Waals surface area contributed by atoms with Gasteiger partial charge in [0.15, 0.2) is 0 Å². The minimum atomic E-state index is 0.156. The summed E-state index contributed by atoms with van der Waals surface area (Å²) >= 11 is 6.02. The zero-order valence-corrected chi connectivity index (χ0v) is 11.3. The number of rotatable bonds is 4. The van der Waals surface area contributed by atoms with Gasteiger partial charge in [-0.05, 0) is 24.5 Å². The highest BCUT2D eigenvalue weighted by molar-refractivity contribution is 6.32. The molecule has 2 aromatic rings. The molecular weight excluding hydrogens is 246 g/mol. The summed E-state index contributed by atoms with van der Waals surface area (Å²) in [4.78, 5) is 7.99. The number of nitrogens with one attached hydrogen (secondary N) is 1. The van der Waals surface area contributed by atoms with E-state index in [1.54, 1.807) is 6.20 Å². The van der Waals surface area contributed by atoms with E-state index in [0.29, 0.717) is 10.8 Å². The van der Waals surface area contributed by atoms with E-state index >= 15 is 0 Å². The van der Waals surface area contributed by atoms with Crippen LogP contribution in [0, 0.1) is 0 Å². The Labute approximate surface area is 112 Å². The third kappa shape index (κ3) is 2.99. The van der Waals surface area contributed by atoms with E-state index in [2.05, 4.69) is 53.4 Å². The predicted octanol–water partition coefficient (Wildman–Crippen LogP) is 3.87. The summed E-state index contributed by atoms with van der Waals surface area (Å²) in [6, 6.07) is 8.71. The molecule has 1 N–H and O–H groups in total. The molecule has 1 atom stereocenters. The van der Waals surface area contributed by atoms with Crippen LogP contribution < -0.4 is 5.32 Å². The first kappa shape index (κ1) is 12.8. The maximum Gasteiger partial charge on any atom is 0.148 e. The van der Waals surface area contributed by atoms with Gasteiger partial charge in [0.05, 0.1) is 6.20 Å². The first-order valence-electron chi connectivity index (χ1n) is 6.01. The van der Waals surface area contributed by atoms with Gasteiger partial charge in [0, 0.05) is 6.04 Å². The van der Waals surface area contributed by atoms with Crippen molar-refractivity contribution in [2.24, 2.45) is 0 Å². The molecule has 0 fully saturated rings. The van der Waals surface area contributed by atoms with Crippen molar-refractivity contribution in [3.63, 3.8) is 0 Å². The minimum absolute atomic E-state index is 0.156. The molecule has 94 valence electrons. The van der Waals surface area contributed by atoms with Crippen LogP contribution in [0.3, 0.4) is 0 Å². The van der Waals surface area contributed by atoms with Crippen LogP contribution in [0.5, 0.6) is 0 Å². The standard InChI is InChI=1S/C14H16ClN3/c1-3-11-4-6-12(7-5-11)10(2)18-14-13(15)8-16-9-17-14/h4-10H,3H2,1-2H3,(H,16,17,18). The van der Waals surface area contributed by atoms with Crippen LogP contribution in [0.4, 0.5) is 5.82 Å². The average molecular weight is 262 g/mol. The van der Waals surface area contributed by atoms with E-state index in [0.717, 1.165) is 6.42 Å². The topological polar surface area (TPSA) is 37.8 Å². The van der Waals surface area contributed by atoms with E-state index in [1.165, 1.54) is 17.5 Å². The van der Waals surface area contributed by atoms with Crippen LogP contribution in [0.2, 0.25) is 5.02 Å². The molecule has 1 heterocycles. The Bertz CT molecular complexity index is 511. The number of hydrogen-bond donors (Lipinski definition) is 1. The molecule has 0 radical (unpaired) electrons. The first-order valence-corrected chi connectivity index (χ1v) is 6.39. The number of halogens is 1. The Morgan fingerprint density at radius 3 is 2.61 bits per heavy atom. The molecule has 0 aliphatic rings. The van der Waals surface area contributed by atoms with Gasteiger partial charge in [-0.15, -0.1) is 0 Å². The summed E-state index contributed by atoms with van der Waals surface area (Å²) in [7, 11) is 0. The molecule has 2 rings (SSSR count). The fourth-order valence-electron chi connectivity index (χ4n) is 1.75. The molecule has 0 bridgehead atoms. The lowest BCUT2D eigenvalue weighted by atomic mass is 10.1. The molecule has 0 saturated heterocycles. The molecular formula is C14H16ClN3. The molecule has 0 aliphatic heterocycles. The van der Waals surface area contributed by atoms with Gasteiger partial charge in [-0.3, -0.25) is 0 Å². The van der Waals surface area contributed by atoms with Crippen molar-refractivity contribution >= 4 is 17.4 Å². The zero-order valence-electron chi connectivity index (χ0n) is 10.5. The summed E-state index contributed by atoms with van der Waals surface area (Å²) in [6.45, 7) is 4.23. The van der Waals surface area contributed by atoms with Gasteiger partial charge >= 0.3 is 0 Å². The van der Waals surface area contributed by atoms with Gasteiger partial charge in [-0.25, -0.2) is 9.97 Å². The van der Waals surface area contributed by atoms with Crippen LogP contribution in [-0.2, 0) is 6.42 Å². The summed E-state index contributed by atoms with van der Waals surface area (Å²) in [5.41, 5.74) is 2.55. The number of nitrogens with zero attached hydrogens (tertiary/aromatic N) is 2. The number of hydrogen-bond acceptors (Lipinski definition) is 3. The van der Waals surface area contributed by atoms with Crippen LogP contribution in [-0.4, -0.2) is 9.97 Å². The third-order valence-corrected chi connectivity index (χ3v) is 3.19. The predicted molar refractivity (Wildman–Crippen MR) is 74.9 cm³/mol. The van der Waals surface area contributed by atoms with Crippen LogP contribution in [0.25, 0.3) is 0 Å². The second-order valence-corrected chi connectivity index (χ2v) is 4.59. The maximum absolute atomic E-state index is 6.02. The summed E-state index contributed by atoms with van der Waals surface area (Å²) in [5, 5.41) is 3.82. The molecule has 18 heavy (non-hydrogen) atoms. The lowest BCUT2D eigenvalue weighted by Crippen LogP contribution is -2.08. The van der Waals surface area contributed by atoms with E-state index in [4.69, 9.17) is 11.6 Å². The SMILES string of the molecule is CCc1ccc(C(C)Nc2ncncc2Cl)cc1. The van der Waals surface area contributed by atoms with E-state index in [1.807, 2.05) is 0 Å². The van der Waals surface area contributed by atoms with Crippen molar-refractivity contribution in [2.75, 3.05) is 5.32 Å². The monoisotopic (exact) mass is 261 g/mol. The number of benzene rings is 1. The van der Waals surface area contributed by atoms with Gasteiger partial charge < -0.3 is 5.32 Å². The quantitative estimate of drug-likeness (QED) is 0.908. The molecule has 0 saturated carbocycles. The lowest BCUT2D eigenvalue weighted by Gasteiger charge is -2.15. The van der Waals surface area contributed by atoms with Crippen molar-refractivity contribution < 1.29 is 0 Å². The third-order valence-electron chi connectivity index (χ3n) is 2.91. The highest BCUT2D eigenvalue weighted by Crippen LogP contribution is 2.23. The van der Waals surface area contributed by atoms with E-state index in [9.17, 15) is 0 Å². The average Bonchev–Trinajstić information content (AvgIpc) is 2.41. The van der Waals surface area contributed by atoms with E-state index < -0.39 is 0 Å². The summed E-state index contributed by atoms with van der Waals surface area (Å²) in [5.74, 6) is 0.665. The molecule has 3 nitrogen and oxygen atoms in total. The zero-order chi connectivity index (χ0) is 13.0. The number of aromatic nitrogens is 2. The van der Waals surface area contributed by atoms with Crippen LogP contribution in [0.15, 0.2) is 36.8 Å². The van der Waals surface area contributed by atoms with Crippen LogP contribution in [0.1, 0.15) is 31.0 Å². The molecule has 1 aromatic heterocycles. The number of aryl methyl sites for hydroxylation is 1. The van der Waals surface area contributed by atoms with Crippen molar-refractivity contribution in [2.45, 2.75) is 26.3 Å². The fourth-order valence-corrected chi connectivity index (χ4v) is 1.91. The second-order valence-electron chi connectivity index (χ2n) is 4.18. The smallest absolute Gasteiger partial charge is 0.148 e. The van der Waals surface area contributed by atoms with Gasteiger partial charge in [0.25, 0.3) is 0 Å². The highest BCUT2D eigenvalue weighted by Gasteiger charge is 2.08. The molecule has 0 amide bonds. The Kier molecular flexibility index (Phi) is 4.15. The molecule has 4 heteroatoms. The maximum atomic E-state index is 6.02. The Morgan fingerprint density at radius 1 is 1.28 bits per heavy atom. The summed E-state index contributed by atoms with van der Waals surface area (Å²) < 4.78 is 0. The van der Waals surface area contributed by atoms with Crippen molar-refractivity contribution in [1.82, 2.24) is 9.97 Å². The van der Waals surface area contributed by atoms with Gasteiger partial charge in [-0.2, -0.15) is 0 Å². The van der Waals surface area contributed by atoms with Crippen molar-refractivity contribution in [3.8, 4) is 0 Å². The minimum Gasteiger partial charge on any atom is -0.362 e. The van der Waals surface area contributed by atoms with Crippen molar-refractivity contribution in [3.05, 3.63) is 52.9 Å². The molecule has 1 unspecified atom stereocenters. The number of anilines is 1. The van der Waals surface area contributed by atoms with E-state index in [-0.39, 0.29) is 6.04 Å². The molecule has 1 aromatic carbocycles. The Hall–Kier alpha value is -1.61. The normalized spacial score (nSPS) is 12.2. The van der Waals surface area contributed by atoms with Gasteiger partial charge in [0.1, 0.15) is 17.2 Å². The van der Waals surface area contributed by atoms with Gasteiger partial charge in [-0.1, -0.05) is 42.8 Å². The van der Waals surface area contributed by atoms with Gasteiger partial charge in [0.2, 0.25) is 0 Å². The fraction of sp³-hybridized carbons (Fsp3) is 0.286. The lowest BCUT2D eigenvalue weighted by molar-refractivity contribution is 0.870. The molecule has 0 spiro atoms. The Morgan fingerprint density at radius 2 is 2.00 bits per heavy atom. The van der Waals surface area contributed by atoms with Crippen molar-refractivity contribution in [1.29, 1.82) is 0 Å². The highest BCUT2D eigenvalue weighted by atomic mass is 35.5. The Balaban J connectivity index is 2.11. The van der Waals surface area contributed by atoms with Crippen LogP contribution >= 0.6 is 11.6 Å². The molecule has 0 aliphatic carbocycles.